The van der Waals surface area contributed by atoms with E-state index in [1.54, 1.807) is 6.92 Å². The molecule has 2 heteroatoms. The van der Waals surface area contributed by atoms with E-state index in [4.69, 9.17) is 0 Å². The predicted octanol–water partition coefficient (Wildman–Crippen LogP) is 2.08. The molecule has 0 aromatic carbocycles. The van der Waals surface area contributed by atoms with Crippen LogP contribution in [0, 0.1) is 0 Å². The standard InChI is InChI=1S/C6H12FN.C2H6/c1-6(7)3-4-8(2)5-6;1-2/h3-5H2,1-2H3;1-2H3. The SMILES string of the molecule is CC.CN1CCC(C)(F)C1. The first-order valence-corrected chi connectivity index (χ1v) is 3.98. The number of nitrogens with zero attached hydrogens (tertiary/aromatic N) is 1. The minimum absolute atomic E-state index is 0.604. The van der Waals surface area contributed by atoms with E-state index in [2.05, 4.69) is 0 Å². The number of rotatable bonds is 0. The van der Waals surface area contributed by atoms with E-state index in [9.17, 15) is 4.39 Å². The third kappa shape index (κ3) is 3.16. The van der Waals surface area contributed by atoms with Gasteiger partial charge in [-0.05, 0) is 20.4 Å². The van der Waals surface area contributed by atoms with Crippen molar-refractivity contribution >= 4 is 0 Å². The van der Waals surface area contributed by atoms with E-state index in [-0.39, 0.29) is 0 Å². The number of likely N-dealkylation sites (tertiary alicyclic amines) is 1. The fourth-order valence-corrected chi connectivity index (χ4v) is 1.14. The Kier molecular flexibility index (Phi) is 3.87. The normalized spacial score (nSPS) is 33.3. The number of hydrogen-bond acceptors (Lipinski definition) is 1. The maximum atomic E-state index is 12.8. The molecule has 62 valence electrons. The zero-order valence-electron chi connectivity index (χ0n) is 7.45. The summed E-state index contributed by atoms with van der Waals surface area (Å²) in [6, 6.07) is 0. The molecule has 0 N–H and O–H groups in total. The molecule has 0 aromatic heterocycles. The zero-order chi connectivity index (χ0) is 8.20. The number of halogens is 1. The van der Waals surface area contributed by atoms with Crippen LogP contribution in [-0.2, 0) is 0 Å². The van der Waals surface area contributed by atoms with Gasteiger partial charge in [0, 0.05) is 13.1 Å². The van der Waals surface area contributed by atoms with Crippen LogP contribution in [0.5, 0.6) is 0 Å². The Balaban J connectivity index is 0.000000371. The van der Waals surface area contributed by atoms with Crippen LogP contribution in [-0.4, -0.2) is 30.7 Å². The Morgan fingerprint density at radius 2 is 1.90 bits per heavy atom. The first-order valence-electron chi connectivity index (χ1n) is 3.98. The monoisotopic (exact) mass is 147 g/mol. The summed E-state index contributed by atoms with van der Waals surface area (Å²) in [5.41, 5.74) is -0.908. The molecule has 1 rings (SSSR count). The van der Waals surface area contributed by atoms with Crippen molar-refractivity contribution in [2.24, 2.45) is 0 Å². The number of hydrogen-bond donors (Lipinski definition) is 0. The first-order chi connectivity index (χ1) is 4.60. The van der Waals surface area contributed by atoms with Crippen LogP contribution in [0.25, 0.3) is 0 Å². The van der Waals surface area contributed by atoms with Crippen molar-refractivity contribution in [1.29, 1.82) is 0 Å². The van der Waals surface area contributed by atoms with Gasteiger partial charge in [0.15, 0.2) is 0 Å². The highest BCUT2D eigenvalue weighted by atomic mass is 19.1. The van der Waals surface area contributed by atoms with Crippen molar-refractivity contribution in [1.82, 2.24) is 4.90 Å². The lowest BCUT2D eigenvalue weighted by Crippen LogP contribution is -2.22. The Hall–Kier alpha value is -0.110. The topological polar surface area (TPSA) is 3.24 Å². The van der Waals surface area contributed by atoms with Gasteiger partial charge in [-0.15, -0.1) is 0 Å². The van der Waals surface area contributed by atoms with E-state index in [1.807, 2.05) is 25.8 Å². The smallest absolute Gasteiger partial charge is 0.122 e. The van der Waals surface area contributed by atoms with E-state index in [0.717, 1.165) is 6.54 Å². The summed E-state index contributed by atoms with van der Waals surface area (Å²) in [5.74, 6) is 0. The highest BCUT2D eigenvalue weighted by Gasteiger charge is 2.30. The highest BCUT2D eigenvalue weighted by Crippen LogP contribution is 2.22. The van der Waals surface area contributed by atoms with Gasteiger partial charge >= 0.3 is 0 Å². The Labute approximate surface area is 63.2 Å². The molecule has 10 heavy (non-hydrogen) atoms. The third-order valence-electron chi connectivity index (χ3n) is 1.61. The summed E-state index contributed by atoms with van der Waals surface area (Å²) in [5, 5.41) is 0. The van der Waals surface area contributed by atoms with Crippen LogP contribution in [0.3, 0.4) is 0 Å². The van der Waals surface area contributed by atoms with Gasteiger partial charge in [-0.3, -0.25) is 0 Å². The second-order valence-corrected chi connectivity index (χ2v) is 2.90. The lowest BCUT2D eigenvalue weighted by atomic mass is 10.1. The summed E-state index contributed by atoms with van der Waals surface area (Å²) in [7, 11) is 1.95. The molecule has 0 saturated carbocycles. The summed E-state index contributed by atoms with van der Waals surface area (Å²) in [6.07, 6.45) is 0.698. The van der Waals surface area contributed by atoms with Gasteiger partial charge in [0.1, 0.15) is 5.67 Å². The average molecular weight is 147 g/mol. The summed E-state index contributed by atoms with van der Waals surface area (Å²) in [4.78, 5) is 2.01. The molecule has 1 unspecified atom stereocenters. The molecule has 0 spiro atoms. The summed E-state index contributed by atoms with van der Waals surface area (Å²) in [6.45, 7) is 7.18. The third-order valence-corrected chi connectivity index (χ3v) is 1.61. The van der Waals surface area contributed by atoms with Gasteiger partial charge in [-0.1, -0.05) is 13.8 Å². The van der Waals surface area contributed by atoms with Crippen LogP contribution in [0.1, 0.15) is 27.2 Å². The molecule has 1 aliphatic rings. The second kappa shape index (κ2) is 3.91. The first kappa shape index (κ1) is 9.89. The minimum Gasteiger partial charge on any atom is -0.303 e. The van der Waals surface area contributed by atoms with E-state index in [1.165, 1.54) is 0 Å². The summed E-state index contributed by atoms with van der Waals surface area (Å²) < 4.78 is 12.8. The maximum Gasteiger partial charge on any atom is 0.122 e. The molecule has 1 heterocycles. The van der Waals surface area contributed by atoms with Crippen LogP contribution in [0.2, 0.25) is 0 Å². The van der Waals surface area contributed by atoms with Crippen molar-refractivity contribution in [3.8, 4) is 0 Å². The quantitative estimate of drug-likeness (QED) is 0.507. The van der Waals surface area contributed by atoms with Crippen molar-refractivity contribution in [3.05, 3.63) is 0 Å². The fourth-order valence-electron chi connectivity index (χ4n) is 1.14. The van der Waals surface area contributed by atoms with Crippen molar-refractivity contribution < 1.29 is 4.39 Å². The van der Waals surface area contributed by atoms with Gasteiger partial charge < -0.3 is 4.90 Å². The lowest BCUT2D eigenvalue weighted by Gasteiger charge is -2.10. The highest BCUT2D eigenvalue weighted by molar-refractivity contribution is 4.84. The van der Waals surface area contributed by atoms with Gasteiger partial charge in [-0.2, -0.15) is 0 Å². The van der Waals surface area contributed by atoms with Gasteiger partial charge in [0.05, 0.1) is 0 Å². The second-order valence-electron chi connectivity index (χ2n) is 2.90. The Bertz CT molecular complexity index is 91.3. The maximum absolute atomic E-state index is 12.8. The molecule has 0 aromatic rings. The number of alkyl halides is 1. The van der Waals surface area contributed by atoms with Crippen molar-refractivity contribution in [2.45, 2.75) is 32.9 Å². The molecule has 0 radical (unpaired) electrons. The van der Waals surface area contributed by atoms with Crippen molar-refractivity contribution in [2.75, 3.05) is 20.1 Å². The van der Waals surface area contributed by atoms with Crippen LogP contribution in [0.4, 0.5) is 4.39 Å². The molecule has 1 atom stereocenters. The van der Waals surface area contributed by atoms with Crippen LogP contribution in [0.15, 0.2) is 0 Å². The van der Waals surface area contributed by atoms with Gasteiger partial charge in [-0.25, -0.2) is 4.39 Å². The molecule has 0 amide bonds. The molecule has 1 nitrogen and oxygen atoms in total. The zero-order valence-corrected chi connectivity index (χ0v) is 7.45. The fraction of sp³-hybridized carbons (Fsp3) is 1.00. The largest absolute Gasteiger partial charge is 0.303 e. The predicted molar refractivity (Wildman–Crippen MR) is 43.0 cm³/mol. The summed E-state index contributed by atoms with van der Waals surface area (Å²) >= 11 is 0. The Morgan fingerprint density at radius 1 is 1.40 bits per heavy atom. The molecule has 0 bridgehead atoms. The van der Waals surface area contributed by atoms with Gasteiger partial charge in [0.25, 0.3) is 0 Å². The van der Waals surface area contributed by atoms with E-state index in [0.29, 0.717) is 13.0 Å². The van der Waals surface area contributed by atoms with E-state index < -0.39 is 5.67 Å². The average Bonchev–Trinajstić information content (AvgIpc) is 2.15. The van der Waals surface area contributed by atoms with Crippen molar-refractivity contribution in [3.63, 3.8) is 0 Å². The van der Waals surface area contributed by atoms with Gasteiger partial charge in [0.2, 0.25) is 0 Å². The Morgan fingerprint density at radius 3 is 2.00 bits per heavy atom. The lowest BCUT2D eigenvalue weighted by molar-refractivity contribution is 0.198. The minimum atomic E-state index is -0.908. The van der Waals surface area contributed by atoms with E-state index >= 15 is 0 Å². The molecular formula is C8H18FN. The van der Waals surface area contributed by atoms with Crippen LogP contribution < -0.4 is 0 Å². The molecule has 0 aliphatic carbocycles. The van der Waals surface area contributed by atoms with Crippen LogP contribution >= 0.6 is 0 Å². The molecule has 1 fully saturated rings. The molecular weight excluding hydrogens is 129 g/mol. The molecule has 1 saturated heterocycles. The molecule has 1 aliphatic heterocycles.